The number of pyridine rings is 5. The van der Waals surface area contributed by atoms with Crippen LogP contribution in [0.5, 0.6) is 28.7 Å². The number of nitrogens with zero attached hydrogens (tertiary/aromatic N) is 21. The number of Topliss-reactive ketones (excluding diaryl/α,β-unsaturated/α-hetero) is 1. The van der Waals surface area contributed by atoms with Crippen LogP contribution in [0.15, 0.2) is 213 Å². The Bertz CT molecular complexity index is 5860. The van der Waals surface area contributed by atoms with E-state index in [0.717, 1.165) is 52.7 Å². The van der Waals surface area contributed by atoms with E-state index in [-0.39, 0.29) is 46.9 Å². The number of carbonyl (C=O) groups is 1. The molecule has 0 aliphatic carbocycles. The van der Waals surface area contributed by atoms with Crippen LogP contribution >= 0.6 is 0 Å². The van der Waals surface area contributed by atoms with Crippen LogP contribution in [0.2, 0.25) is 0 Å². The molecule has 0 aliphatic rings. The third kappa shape index (κ3) is 21.1. The summed E-state index contributed by atoms with van der Waals surface area (Å²) in [5, 5.41) is 46.1. The molecule has 0 spiro atoms. The van der Waals surface area contributed by atoms with Crippen molar-refractivity contribution in [2.45, 2.75) is 59.8 Å². The van der Waals surface area contributed by atoms with Crippen LogP contribution in [0.4, 0.5) is 87.9 Å². The molecule has 0 radical (unpaired) electrons. The van der Waals surface area contributed by atoms with Gasteiger partial charge in [-0.3, -0.25) is 4.79 Å². The molecule has 0 amide bonds. The Morgan fingerprint density at radius 3 is 1.19 bits per heavy atom. The van der Waals surface area contributed by atoms with Crippen LogP contribution in [0.1, 0.15) is 73.7 Å². The van der Waals surface area contributed by atoms with Crippen LogP contribution in [-0.4, -0.2) is 140 Å². The highest BCUT2D eigenvalue weighted by Gasteiger charge is 2.22. The van der Waals surface area contributed by atoms with Gasteiger partial charge in [0.25, 0.3) is 0 Å². The fourth-order valence-corrected chi connectivity index (χ4v) is 10.9. The fraction of sp³-hybridized carbons (Fsp3) is 0.173. The first-order chi connectivity index (χ1) is 57.1. The van der Waals surface area contributed by atoms with E-state index in [0.29, 0.717) is 86.9 Å². The van der Waals surface area contributed by atoms with Gasteiger partial charge in [0.05, 0.1) is 58.2 Å². The zero-order valence-electron chi connectivity index (χ0n) is 66.3. The second kappa shape index (κ2) is 38.8. The Balaban J connectivity index is 0.000000145. The lowest BCUT2D eigenvalue weighted by Crippen LogP contribution is -2.15. The number of ketones is 1. The Morgan fingerprint density at radius 1 is 0.424 bits per heavy atom. The van der Waals surface area contributed by atoms with Crippen molar-refractivity contribution in [2.75, 3.05) is 90.8 Å². The molecule has 15 N–H and O–H groups in total. The zero-order valence-corrected chi connectivity index (χ0v) is 66.3. The number of aryl methyl sites for hydroxylation is 2. The minimum Gasteiger partial charge on any atom is -0.497 e. The van der Waals surface area contributed by atoms with E-state index in [1.54, 1.807) is 121 Å². The zero-order chi connectivity index (χ0) is 83.8. The van der Waals surface area contributed by atoms with Gasteiger partial charge in [0.15, 0.2) is 34.9 Å². The third-order valence-corrected chi connectivity index (χ3v) is 17.6. The molecule has 37 heteroatoms. The summed E-state index contributed by atoms with van der Waals surface area (Å²) < 4.78 is 33.8. The van der Waals surface area contributed by atoms with E-state index >= 15 is 0 Å². The molecule has 0 aliphatic heterocycles. The number of anilines is 15. The molecule has 0 unspecified atom stereocenters. The number of nitrogen functional groups attached to an aromatic ring is 5. The van der Waals surface area contributed by atoms with Crippen molar-refractivity contribution in [2.24, 2.45) is 0 Å². The van der Waals surface area contributed by atoms with Gasteiger partial charge in [-0.2, -0.15) is 53.6 Å². The van der Waals surface area contributed by atoms with Crippen molar-refractivity contribution in [3.05, 3.63) is 241 Å². The molecular weight excluding hydrogens is 1500 g/mol. The van der Waals surface area contributed by atoms with Gasteiger partial charge in [-0.1, -0.05) is 64.1 Å². The topological polar surface area (TPSA) is 495 Å². The molecule has 118 heavy (non-hydrogen) atoms. The number of ether oxygens (including phenoxy) is 5. The van der Waals surface area contributed by atoms with Gasteiger partial charge in [0.2, 0.25) is 59.5 Å². The maximum absolute atomic E-state index is 11.2. The summed E-state index contributed by atoms with van der Waals surface area (Å²) in [6.45, 7) is 12.2. The standard InChI is InChI=1S/C19H24N6O.C16H15N7O2.C16H18N6O.C15H16N6O.C15H14N6O/c1-5-19(2,3)13-9-10-15(26-4)14(12-13)22-18-23-17(20)25(24-18)16-8-6-7-11-21-16;1-24-11-4-5-12(13(7-11)25-2)20-16-21-15(18)23(22-16)14-6-3-10(8-17)9-19-14;1-3-11-7-8-13(23-2)12(10-11)19-16-20-15(17)22(21-16)14-6-4-5-9-18-14;1-10-9-11(22-2)6-7-12(10)18-15-19-14(16)21(20-15)13-5-3-4-8-17-13;1-10(22)11-5-7-12(8-6-11)18-15-19-14(16)21(20-15)13-4-2-3-9-17-13/h6-12H,5H2,1-4H3,(H3,20,22,23,24);3-7,9H,1-2H3,(H3,18,20,21,22);4-10H,3H2,1-2H3,(H3,17,19,20,21);3-9H,1-2H3,(H3,16,18,19,20);2-9H,1H3,(H3,16,18,19,20). The summed E-state index contributed by atoms with van der Waals surface area (Å²) in [6.07, 6.45) is 10.1. The van der Waals surface area contributed by atoms with Crippen LogP contribution in [0.25, 0.3) is 29.1 Å². The van der Waals surface area contributed by atoms with Crippen molar-refractivity contribution in [1.29, 1.82) is 5.26 Å². The van der Waals surface area contributed by atoms with E-state index in [9.17, 15) is 4.79 Å². The summed E-state index contributed by atoms with van der Waals surface area (Å²) in [4.78, 5) is 53.3. The number of hydrogen-bond donors (Lipinski definition) is 10. The molecular formula is C81H87N31O6. The second-order valence-electron chi connectivity index (χ2n) is 25.8. The normalized spacial score (nSPS) is 10.6. The highest BCUT2D eigenvalue weighted by atomic mass is 16.5. The van der Waals surface area contributed by atoms with Gasteiger partial charge < -0.3 is 78.9 Å². The summed E-state index contributed by atoms with van der Waals surface area (Å²) in [6, 6.07) is 57.4. The first-order valence-electron chi connectivity index (χ1n) is 36.4. The number of nitriles is 1. The van der Waals surface area contributed by atoms with E-state index in [4.69, 9.17) is 57.6 Å². The van der Waals surface area contributed by atoms with Gasteiger partial charge >= 0.3 is 0 Å². The first-order valence-corrected chi connectivity index (χ1v) is 36.4. The number of hydrogen-bond acceptors (Lipinski definition) is 32. The first kappa shape index (κ1) is 82.7. The monoisotopic (exact) mass is 1590 g/mol. The molecule has 10 heterocycles. The SMILES string of the molecule is CC(=O)c1ccc(Nc2nc(N)n(-c3ccccn3)n2)cc1.CCC(C)(C)c1ccc(OC)c(Nc2nc(N)n(-c3ccccn3)n2)c1.CCc1ccc(OC)c(Nc2nc(N)n(-c3ccccn3)n2)c1.COc1ccc(Nc2nc(N)n(-c3ccc(C#N)cn3)n2)c(OC)c1.COc1ccc(Nc2nc(N)n(-c3ccccn3)n2)c(C)c1. The minimum atomic E-state index is 0.0216. The third-order valence-electron chi connectivity index (χ3n) is 17.6. The van der Waals surface area contributed by atoms with Gasteiger partial charge in [-0.25, -0.2) is 24.9 Å². The lowest BCUT2D eigenvalue weighted by Gasteiger charge is -2.24. The van der Waals surface area contributed by atoms with E-state index < -0.39 is 0 Å². The van der Waals surface area contributed by atoms with E-state index in [2.05, 4.69) is 142 Å². The number of nitrogens with two attached hydrogens (primary N) is 5. The Hall–Kier alpha value is -16.3. The number of rotatable bonds is 24. The van der Waals surface area contributed by atoms with E-state index in [1.807, 2.05) is 122 Å². The lowest BCUT2D eigenvalue weighted by molar-refractivity contribution is 0.101. The van der Waals surface area contributed by atoms with Crippen molar-refractivity contribution in [1.82, 2.24) is 98.7 Å². The van der Waals surface area contributed by atoms with Crippen LogP contribution < -0.4 is 78.9 Å². The smallest absolute Gasteiger partial charge is 0.249 e. The Labute approximate surface area is 678 Å². The predicted octanol–water partition coefficient (Wildman–Crippen LogP) is 12.6. The number of benzene rings is 5. The highest BCUT2D eigenvalue weighted by molar-refractivity contribution is 5.94. The summed E-state index contributed by atoms with van der Waals surface area (Å²) >= 11 is 0. The van der Waals surface area contributed by atoms with Crippen molar-refractivity contribution in [3.63, 3.8) is 0 Å². The number of nitrogens with one attached hydrogen (secondary N) is 5. The second-order valence-corrected chi connectivity index (χ2v) is 25.8. The number of carbonyl (C=O) groups excluding carboxylic acids is 1. The molecule has 602 valence electrons. The molecule has 37 nitrogen and oxygen atoms in total. The molecule has 0 saturated carbocycles. The van der Waals surface area contributed by atoms with Gasteiger partial charge in [0.1, 0.15) is 34.8 Å². The maximum atomic E-state index is 11.2. The number of methoxy groups -OCH3 is 5. The highest BCUT2D eigenvalue weighted by Crippen LogP contribution is 2.36. The summed E-state index contributed by atoms with van der Waals surface area (Å²) in [5.74, 6) is 9.41. The summed E-state index contributed by atoms with van der Waals surface area (Å²) in [7, 11) is 8.04. The molecule has 0 atom stereocenters. The van der Waals surface area contributed by atoms with Gasteiger partial charge in [0, 0.05) is 54.0 Å². The van der Waals surface area contributed by atoms with E-state index in [1.165, 1.54) is 47.7 Å². The Kier molecular flexibility index (Phi) is 27.2. The fourth-order valence-electron chi connectivity index (χ4n) is 10.9. The Morgan fingerprint density at radius 2 is 0.822 bits per heavy atom. The average molecular weight is 1590 g/mol. The molecule has 10 aromatic heterocycles. The minimum absolute atomic E-state index is 0.0216. The van der Waals surface area contributed by atoms with Crippen LogP contribution in [-0.2, 0) is 11.8 Å². The van der Waals surface area contributed by atoms with Gasteiger partial charge in [-0.05, 0) is 188 Å². The molecule has 15 aromatic rings. The van der Waals surface area contributed by atoms with Crippen molar-refractivity contribution >= 4 is 93.7 Å². The average Bonchev–Trinajstić information content (AvgIpc) is 1.78. The largest absolute Gasteiger partial charge is 0.497 e. The van der Waals surface area contributed by atoms with Crippen LogP contribution in [0, 0.1) is 18.3 Å². The molecule has 0 fully saturated rings. The predicted molar refractivity (Wildman–Crippen MR) is 451 cm³/mol. The molecule has 15 rings (SSSR count). The van der Waals surface area contributed by atoms with Crippen molar-refractivity contribution < 1.29 is 28.5 Å². The number of aromatic nitrogens is 20. The quantitative estimate of drug-likeness (QED) is 0.0251. The molecule has 0 bridgehead atoms. The maximum Gasteiger partial charge on any atom is 0.249 e. The lowest BCUT2D eigenvalue weighted by atomic mass is 9.82. The molecule has 0 saturated heterocycles. The van der Waals surface area contributed by atoms with Crippen LogP contribution in [0.3, 0.4) is 0 Å². The van der Waals surface area contributed by atoms with Crippen molar-refractivity contribution in [3.8, 4) is 63.9 Å². The molecule has 5 aromatic carbocycles. The summed E-state index contributed by atoms with van der Waals surface area (Å²) in [5.41, 5.74) is 38.1. The van der Waals surface area contributed by atoms with Gasteiger partial charge in [-0.15, -0.1) is 25.5 Å².